The summed E-state index contributed by atoms with van der Waals surface area (Å²) in [5.74, 6) is 1.28. The molecule has 6 heteroatoms. The maximum atomic E-state index is 5.31. The van der Waals surface area contributed by atoms with Crippen molar-refractivity contribution < 1.29 is 9.26 Å². The highest BCUT2D eigenvalue weighted by Crippen LogP contribution is 2.11. The van der Waals surface area contributed by atoms with E-state index in [4.69, 9.17) is 9.26 Å². The molecule has 1 saturated heterocycles. The minimum absolute atomic E-state index is 0.0677. The molecule has 2 heterocycles. The second kappa shape index (κ2) is 4.50. The van der Waals surface area contributed by atoms with Crippen molar-refractivity contribution in [3.05, 3.63) is 11.7 Å². The fraction of sp³-hybridized carbons (Fsp3) is 0.750. The molecular formula is C8H14N4O2. The number of hydrogen-bond acceptors (Lipinski definition) is 6. The molecule has 78 valence electrons. The van der Waals surface area contributed by atoms with Crippen LogP contribution in [0, 0.1) is 0 Å². The molecule has 0 aliphatic carbocycles. The van der Waals surface area contributed by atoms with Gasteiger partial charge in [0.1, 0.15) is 0 Å². The van der Waals surface area contributed by atoms with Crippen molar-refractivity contribution in [1.29, 1.82) is 0 Å². The number of rotatable bonds is 3. The highest BCUT2D eigenvalue weighted by Gasteiger charge is 2.20. The minimum Gasteiger partial charge on any atom is -0.378 e. The molecule has 1 fully saturated rings. The second-order valence-corrected chi connectivity index (χ2v) is 3.16. The smallest absolute Gasteiger partial charge is 0.240 e. The first-order chi connectivity index (χ1) is 6.90. The van der Waals surface area contributed by atoms with E-state index in [1.807, 2.05) is 7.05 Å². The van der Waals surface area contributed by atoms with E-state index in [0.29, 0.717) is 24.9 Å². The Kier molecular flexibility index (Phi) is 3.07. The molecule has 1 atom stereocenters. The van der Waals surface area contributed by atoms with E-state index < -0.39 is 0 Å². The van der Waals surface area contributed by atoms with Gasteiger partial charge < -0.3 is 19.9 Å². The summed E-state index contributed by atoms with van der Waals surface area (Å²) in [6.07, 6.45) is 0. The fourth-order valence-corrected chi connectivity index (χ4v) is 1.36. The zero-order valence-electron chi connectivity index (χ0n) is 8.12. The van der Waals surface area contributed by atoms with Crippen LogP contribution in [0.5, 0.6) is 0 Å². The summed E-state index contributed by atoms with van der Waals surface area (Å²) < 4.78 is 10.3. The van der Waals surface area contributed by atoms with Crippen molar-refractivity contribution in [1.82, 2.24) is 20.8 Å². The van der Waals surface area contributed by atoms with Crippen LogP contribution in [-0.2, 0) is 11.3 Å². The number of nitrogens with one attached hydrogen (secondary N) is 2. The maximum Gasteiger partial charge on any atom is 0.240 e. The summed E-state index contributed by atoms with van der Waals surface area (Å²) in [4.78, 5) is 4.24. The molecule has 1 aromatic rings. The van der Waals surface area contributed by atoms with Gasteiger partial charge in [-0.3, -0.25) is 0 Å². The summed E-state index contributed by atoms with van der Waals surface area (Å²) in [5.41, 5.74) is 0. The summed E-state index contributed by atoms with van der Waals surface area (Å²) in [7, 11) is 1.84. The van der Waals surface area contributed by atoms with Crippen molar-refractivity contribution in [3.63, 3.8) is 0 Å². The summed E-state index contributed by atoms with van der Waals surface area (Å²) in [6.45, 7) is 2.79. The van der Waals surface area contributed by atoms with Crippen LogP contribution in [0.25, 0.3) is 0 Å². The lowest BCUT2D eigenvalue weighted by Gasteiger charge is -2.20. The maximum absolute atomic E-state index is 5.31. The fourth-order valence-electron chi connectivity index (χ4n) is 1.36. The van der Waals surface area contributed by atoms with Gasteiger partial charge in [-0.2, -0.15) is 4.98 Å². The van der Waals surface area contributed by atoms with Gasteiger partial charge in [0.05, 0.1) is 25.8 Å². The molecule has 0 radical (unpaired) electrons. The Labute approximate surface area is 82.0 Å². The molecule has 1 aliphatic heterocycles. The van der Waals surface area contributed by atoms with Gasteiger partial charge in [0.2, 0.25) is 5.89 Å². The third kappa shape index (κ3) is 2.09. The first kappa shape index (κ1) is 9.57. The van der Waals surface area contributed by atoms with E-state index in [1.54, 1.807) is 0 Å². The molecule has 0 amide bonds. The van der Waals surface area contributed by atoms with Gasteiger partial charge in [-0.05, 0) is 7.05 Å². The Bertz CT molecular complexity index is 283. The van der Waals surface area contributed by atoms with Crippen LogP contribution in [0.3, 0.4) is 0 Å². The van der Waals surface area contributed by atoms with Crippen LogP contribution in [-0.4, -0.2) is 36.9 Å². The first-order valence-electron chi connectivity index (χ1n) is 4.68. The standard InChI is InChI=1S/C8H14N4O2/c1-9-4-7-11-8(12-14-7)6-5-13-3-2-10-6/h6,9-10H,2-5H2,1H3. The van der Waals surface area contributed by atoms with Gasteiger partial charge in [-0.1, -0.05) is 5.16 Å². The largest absolute Gasteiger partial charge is 0.378 e. The van der Waals surface area contributed by atoms with E-state index >= 15 is 0 Å². The Morgan fingerprint density at radius 2 is 2.57 bits per heavy atom. The lowest BCUT2D eigenvalue weighted by molar-refractivity contribution is 0.0734. The molecule has 0 spiro atoms. The normalized spacial score (nSPS) is 22.5. The number of hydrogen-bond donors (Lipinski definition) is 2. The molecule has 2 rings (SSSR count). The van der Waals surface area contributed by atoms with Gasteiger partial charge in [0.25, 0.3) is 0 Å². The van der Waals surface area contributed by atoms with Crippen LogP contribution in [0.15, 0.2) is 4.52 Å². The molecule has 0 saturated carbocycles. The van der Waals surface area contributed by atoms with Crippen LogP contribution in [0.4, 0.5) is 0 Å². The lowest BCUT2D eigenvalue weighted by Crippen LogP contribution is -2.35. The van der Waals surface area contributed by atoms with Crippen LogP contribution in [0.2, 0.25) is 0 Å². The van der Waals surface area contributed by atoms with Crippen molar-refractivity contribution in [2.45, 2.75) is 12.6 Å². The van der Waals surface area contributed by atoms with Crippen molar-refractivity contribution >= 4 is 0 Å². The quantitative estimate of drug-likeness (QED) is 0.679. The average Bonchev–Trinajstić information content (AvgIpc) is 2.68. The molecule has 2 N–H and O–H groups in total. The molecular weight excluding hydrogens is 184 g/mol. The predicted octanol–water partition coefficient (Wildman–Crippen LogP) is -0.550. The molecule has 1 aliphatic rings. The highest BCUT2D eigenvalue weighted by molar-refractivity contribution is 4.95. The topological polar surface area (TPSA) is 72.2 Å². The molecule has 6 nitrogen and oxygen atoms in total. The van der Waals surface area contributed by atoms with Gasteiger partial charge in [0, 0.05) is 6.54 Å². The SMILES string of the molecule is CNCc1nc(C2COCCN2)no1. The van der Waals surface area contributed by atoms with Crippen molar-refractivity contribution in [2.75, 3.05) is 26.8 Å². The lowest BCUT2D eigenvalue weighted by atomic mass is 10.2. The Hall–Kier alpha value is -0.980. The first-order valence-corrected chi connectivity index (χ1v) is 4.68. The van der Waals surface area contributed by atoms with E-state index in [1.165, 1.54) is 0 Å². The van der Waals surface area contributed by atoms with E-state index in [-0.39, 0.29) is 6.04 Å². The minimum atomic E-state index is 0.0677. The van der Waals surface area contributed by atoms with Crippen molar-refractivity contribution in [3.8, 4) is 0 Å². The molecule has 1 aromatic heterocycles. The molecule has 14 heavy (non-hydrogen) atoms. The van der Waals surface area contributed by atoms with Crippen LogP contribution >= 0.6 is 0 Å². The molecule has 0 aromatic carbocycles. The van der Waals surface area contributed by atoms with Gasteiger partial charge in [0.15, 0.2) is 5.82 Å². The zero-order valence-corrected chi connectivity index (χ0v) is 8.12. The highest BCUT2D eigenvalue weighted by atomic mass is 16.5. The number of aromatic nitrogens is 2. The van der Waals surface area contributed by atoms with Crippen LogP contribution in [0.1, 0.15) is 17.8 Å². The zero-order chi connectivity index (χ0) is 9.80. The number of morpholine rings is 1. The molecule has 0 bridgehead atoms. The van der Waals surface area contributed by atoms with E-state index in [2.05, 4.69) is 20.8 Å². The summed E-state index contributed by atoms with van der Waals surface area (Å²) in [6, 6.07) is 0.0677. The third-order valence-electron chi connectivity index (χ3n) is 2.05. The van der Waals surface area contributed by atoms with Gasteiger partial charge >= 0.3 is 0 Å². The summed E-state index contributed by atoms with van der Waals surface area (Å²) in [5, 5.41) is 10.1. The van der Waals surface area contributed by atoms with E-state index in [0.717, 1.165) is 13.2 Å². The van der Waals surface area contributed by atoms with Gasteiger partial charge in [-0.25, -0.2) is 0 Å². The van der Waals surface area contributed by atoms with Gasteiger partial charge in [-0.15, -0.1) is 0 Å². The average molecular weight is 198 g/mol. The van der Waals surface area contributed by atoms with Crippen molar-refractivity contribution in [2.24, 2.45) is 0 Å². The Morgan fingerprint density at radius 1 is 1.64 bits per heavy atom. The Morgan fingerprint density at radius 3 is 3.29 bits per heavy atom. The summed E-state index contributed by atoms with van der Waals surface area (Å²) >= 11 is 0. The molecule has 1 unspecified atom stereocenters. The predicted molar refractivity (Wildman–Crippen MR) is 48.6 cm³/mol. The van der Waals surface area contributed by atoms with Crippen LogP contribution < -0.4 is 10.6 Å². The van der Waals surface area contributed by atoms with E-state index in [9.17, 15) is 0 Å². The second-order valence-electron chi connectivity index (χ2n) is 3.16. The third-order valence-corrected chi connectivity index (χ3v) is 2.05. The number of nitrogens with zero attached hydrogens (tertiary/aromatic N) is 2. The monoisotopic (exact) mass is 198 g/mol. The Balaban J connectivity index is 2.00. The number of ether oxygens (including phenoxy) is 1.